The number of allylic oxidation sites excluding steroid dienone is 1. The summed E-state index contributed by atoms with van der Waals surface area (Å²) in [4.78, 5) is 16.6. The van der Waals surface area contributed by atoms with Gasteiger partial charge in [0.1, 0.15) is 0 Å². The number of fused-ring (bicyclic) bond motifs is 2. The van der Waals surface area contributed by atoms with Crippen molar-refractivity contribution >= 4 is 28.5 Å². The first-order chi connectivity index (χ1) is 12.1. The van der Waals surface area contributed by atoms with Gasteiger partial charge in [-0.2, -0.15) is 0 Å². The van der Waals surface area contributed by atoms with E-state index < -0.39 is 5.97 Å². The van der Waals surface area contributed by atoms with Crippen LogP contribution < -0.4 is 5.11 Å². The molecule has 0 radical (unpaired) electrons. The van der Waals surface area contributed by atoms with Crippen LogP contribution in [-0.2, 0) is 6.42 Å². The molecule has 0 saturated heterocycles. The van der Waals surface area contributed by atoms with Crippen molar-refractivity contribution in [3.63, 3.8) is 0 Å². The molecule has 25 heavy (non-hydrogen) atoms. The fourth-order valence-electron chi connectivity index (χ4n) is 3.57. The third-order valence-corrected chi connectivity index (χ3v) is 4.79. The van der Waals surface area contributed by atoms with Gasteiger partial charge in [0.15, 0.2) is 0 Å². The van der Waals surface area contributed by atoms with Crippen molar-refractivity contribution in [1.82, 2.24) is 4.98 Å². The Morgan fingerprint density at radius 1 is 1.08 bits per heavy atom. The predicted molar refractivity (Wildman–Crippen MR) is 98.1 cm³/mol. The molecule has 1 heterocycles. The molecule has 3 heteroatoms. The van der Waals surface area contributed by atoms with Crippen LogP contribution in [-0.4, -0.2) is 11.0 Å². The average molecular weight is 328 g/mol. The molecule has 3 aromatic rings. The van der Waals surface area contributed by atoms with Crippen LogP contribution in [0.15, 0.2) is 48.5 Å². The number of hydrogen-bond acceptors (Lipinski definition) is 3. The highest BCUT2D eigenvalue weighted by atomic mass is 16.4. The molecule has 2 aromatic carbocycles. The number of carboxylic acids is 1. The molecule has 0 fully saturated rings. The molecule has 1 aliphatic carbocycles. The Morgan fingerprint density at radius 3 is 2.60 bits per heavy atom. The normalized spacial score (nSPS) is 15.3. The summed E-state index contributed by atoms with van der Waals surface area (Å²) in [6.45, 7) is 2.06. The van der Waals surface area contributed by atoms with E-state index in [9.17, 15) is 9.90 Å². The lowest BCUT2D eigenvalue weighted by molar-refractivity contribution is -0.254. The summed E-state index contributed by atoms with van der Waals surface area (Å²) < 4.78 is 0. The van der Waals surface area contributed by atoms with Crippen molar-refractivity contribution in [2.45, 2.75) is 26.2 Å². The lowest BCUT2D eigenvalue weighted by Gasteiger charge is -2.23. The van der Waals surface area contributed by atoms with Crippen molar-refractivity contribution in [3.05, 3.63) is 76.5 Å². The largest absolute Gasteiger partial charge is 0.545 e. The van der Waals surface area contributed by atoms with Gasteiger partial charge in [-0.05, 0) is 55.0 Å². The van der Waals surface area contributed by atoms with Crippen LogP contribution >= 0.6 is 0 Å². The minimum Gasteiger partial charge on any atom is -0.545 e. The number of aryl methyl sites for hydroxylation is 1. The highest BCUT2D eigenvalue weighted by Crippen LogP contribution is 2.35. The Hall–Kier alpha value is -2.94. The summed E-state index contributed by atoms with van der Waals surface area (Å²) in [5, 5.41) is 12.5. The summed E-state index contributed by atoms with van der Waals surface area (Å²) in [6, 6.07) is 15.7. The number of carbonyl (C=O) groups excluding carboxylic acids is 1. The predicted octanol–water partition coefficient (Wildman–Crippen LogP) is 3.78. The second-order valence-corrected chi connectivity index (χ2v) is 6.55. The molecule has 3 nitrogen and oxygen atoms in total. The fraction of sp³-hybridized carbons (Fsp3) is 0.182. The number of carbonyl (C=O) groups is 1. The Bertz CT molecular complexity index is 1000. The molecule has 0 atom stereocenters. The van der Waals surface area contributed by atoms with Gasteiger partial charge in [-0.3, -0.25) is 0 Å². The van der Waals surface area contributed by atoms with Crippen LogP contribution in [0.1, 0.15) is 45.6 Å². The standard InChI is InChI=1S/C22H19NO2/c1-14-9-11-15(12-10-14)13-16-5-4-7-18-20(22(24)25)17-6-2-3-8-19(17)23-21(16)18/h2-3,6,8-13H,4-5,7H2,1H3,(H,24,25)/p-1/b16-13+. The summed E-state index contributed by atoms with van der Waals surface area (Å²) in [7, 11) is 0. The number of carboxylic acid groups (broad SMARTS) is 1. The molecule has 124 valence electrons. The van der Waals surface area contributed by atoms with Crippen LogP contribution in [0.25, 0.3) is 22.6 Å². The summed E-state index contributed by atoms with van der Waals surface area (Å²) in [6.07, 6.45) is 4.67. The smallest absolute Gasteiger partial charge is 0.0725 e. The molecule has 0 spiro atoms. The molecule has 0 aliphatic heterocycles. The maximum absolute atomic E-state index is 11.8. The molecule has 0 saturated carbocycles. The number of benzene rings is 2. The van der Waals surface area contributed by atoms with Gasteiger partial charge in [-0.15, -0.1) is 0 Å². The molecule has 0 unspecified atom stereocenters. The summed E-state index contributed by atoms with van der Waals surface area (Å²) in [5.41, 5.74) is 6.05. The highest BCUT2D eigenvalue weighted by Gasteiger charge is 2.21. The zero-order valence-electron chi connectivity index (χ0n) is 14.1. The van der Waals surface area contributed by atoms with Crippen molar-refractivity contribution in [2.24, 2.45) is 0 Å². The van der Waals surface area contributed by atoms with E-state index in [2.05, 4.69) is 37.3 Å². The van der Waals surface area contributed by atoms with E-state index >= 15 is 0 Å². The molecular weight excluding hydrogens is 310 g/mol. The van der Waals surface area contributed by atoms with Crippen molar-refractivity contribution in [2.75, 3.05) is 0 Å². The molecule has 1 aliphatic rings. The van der Waals surface area contributed by atoms with Gasteiger partial charge in [-0.1, -0.05) is 48.0 Å². The molecular formula is C22H18NO2-. The Kier molecular flexibility index (Phi) is 3.85. The number of rotatable bonds is 2. The summed E-state index contributed by atoms with van der Waals surface area (Å²) >= 11 is 0. The van der Waals surface area contributed by atoms with Crippen molar-refractivity contribution < 1.29 is 9.90 Å². The Balaban J connectivity index is 1.95. The molecule has 1 aromatic heterocycles. The minimum absolute atomic E-state index is 0.301. The Morgan fingerprint density at radius 2 is 1.84 bits per heavy atom. The van der Waals surface area contributed by atoms with E-state index in [0.717, 1.165) is 41.7 Å². The topological polar surface area (TPSA) is 53.0 Å². The fourth-order valence-corrected chi connectivity index (χ4v) is 3.57. The number of pyridine rings is 1. The average Bonchev–Trinajstić information content (AvgIpc) is 2.62. The monoisotopic (exact) mass is 328 g/mol. The number of hydrogen-bond donors (Lipinski definition) is 0. The van der Waals surface area contributed by atoms with Gasteiger partial charge >= 0.3 is 0 Å². The van der Waals surface area contributed by atoms with Gasteiger partial charge in [0.25, 0.3) is 0 Å². The van der Waals surface area contributed by atoms with Crippen LogP contribution in [0.4, 0.5) is 0 Å². The van der Waals surface area contributed by atoms with Gasteiger partial charge in [0.2, 0.25) is 0 Å². The number of nitrogens with zero attached hydrogens (tertiary/aromatic N) is 1. The first-order valence-corrected chi connectivity index (χ1v) is 8.54. The van der Waals surface area contributed by atoms with E-state index in [0.29, 0.717) is 16.5 Å². The maximum Gasteiger partial charge on any atom is 0.0725 e. The van der Waals surface area contributed by atoms with E-state index in [-0.39, 0.29) is 0 Å². The van der Waals surface area contributed by atoms with Crippen LogP contribution in [0, 0.1) is 6.92 Å². The third-order valence-electron chi connectivity index (χ3n) is 4.79. The van der Waals surface area contributed by atoms with Gasteiger partial charge in [0.05, 0.1) is 17.2 Å². The van der Waals surface area contributed by atoms with Gasteiger partial charge in [-0.25, -0.2) is 4.98 Å². The second-order valence-electron chi connectivity index (χ2n) is 6.55. The molecule has 0 amide bonds. The molecule has 0 bridgehead atoms. The second kappa shape index (κ2) is 6.17. The number of aromatic carboxylic acids is 1. The van der Waals surface area contributed by atoms with E-state index in [1.54, 1.807) is 0 Å². The third kappa shape index (κ3) is 2.82. The quantitative estimate of drug-likeness (QED) is 0.719. The van der Waals surface area contributed by atoms with Crippen LogP contribution in [0.2, 0.25) is 0 Å². The SMILES string of the molecule is Cc1ccc(/C=C2\CCCc3c2nc2ccccc2c3C(=O)[O-])cc1. The van der Waals surface area contributed by atoms with E-state index in [4.69, 9.17) is 4.98 Å². The number of aromatic nitrogens is 1. The van der Waals surface area contributed by atoms with Gasteiger partial charge < -0.3 is 9.90 Å². The zero-order valence-corrected chi connectivity index (χ0v) is 14.1. The molecule has 4 rings (SSSR count). The zero-order chi connectivity index (χ0) is 17.4. The lowest BCUT2D eigenvalue weighted by Crippen LogP contribution is -2.26. The first-order valence-electron chi connectivity index (χ1n) is 8.54. The minimum atomic E-state index is -1.12. The molecule has 0 N–H and O–H groups in total. The Labute approximate surface area is 146 Å². The lowest BCUT2D eigenvalue weighted by atomic mass is 9.86. The van der Waals surface area contributed by atoms with Crippen LogP contribution in [0.5, 0.6) is 0 Å². The van der Waals surface area contributed by atoms with Gasteiger partial charge in [0, 0.05) is 10.9 Å². The van der Waals surface area contributed by atoms with Crippen molar-refractivity contribution in [3.8, 4) is 0 Å². The van der Waals surface area contributed by atoms with E-state index in [1.807, 2.05) is 24.3 Å². The van der Waals surface area contributed by atoms with E-state index in [1.165, 1.54) is 5.56 Å². The summed E-state index contributed by atoms with van der Waals surface area (Å²) in [5.74, 6) is -1.12. The van der Waals surface area contributed by atoms with Crippen LogP contribution in [0.3, 0.4) is 0 Å². The maximum atomic E-state index is 11.8. The van der Waals surface area contributed by atoms with Crippen molar-refractivity contribution in [1.29, 1.82) is 0 Å². The number of para-hydroxylation sites is 1. The first kappa shape index (κ1) is 15.6. The highest BCUT2D eigenvalue weighted by molar-refractivity contribution is 6.05.